The Bertz CT molecular complexity index is 1300. The number of benzene rings is 2. The van der Waals surface area contributed by atoms with Crippen LogP contribution < -0.4 is 10.3 Å². The highest BCUT2D eigenvalue weighted by Gasteiger charge is 2.30. The third kappa shape index (κ3) is 4.25. The number of H-pyrrole nitrogens is 1. The van der Waals surface area contributed by atoms with Crippen LogP contribution in [0.2, 0.25) is 0 Å². The minimum atomic E-state index is -4.42. The monoisotopic (exact) mass is 441 g/mol. The van der Waals surface area contributed by atoms with Crippen LogP contribution in [0.5, 0.6) is 5.75 Å². The van der Waals surface area contributed by atoms with Gasteiger partial charge in [0.05, 0.1) is 18.4 Å². The average molecular weight is 441 g/mol. The molecule has 0 bridgehead atoms. The van der Waals surface area contributed by atoms with Crippen LogP contribution >= 0.6 is 0 Å². The fraction of sp³-hybridized carbons (Fsp3) is 0.182. The molecule has 0 saturated heterocycles. The van der Waals surface area contributed by atoms with Crippen LogP contribution in [-0.4, -0.2) is 32.1 Å². The van der Waals surface area contributed by atoms with Gasteiger partial charge in [-0.3, -0.25) is 4.79 Å². The Labute approximate surface area is 180 Å². The van der Waals surface area contributed by atoms with Crippen molar-refractivity contribution in [3.8, 4) is 28.4 Å². The number of hydrogen-bond acceptors (Lipinski definition) is 5. The molecule has 1 unspecified atom stereocenters. The summed E-state index contributed by atoms with van der Waals surface area (Å²) in [6, 6.07) is 14.3. The first kappa shape index (κ1) is 21.3. The van der Waals surface area contributed by atoms with Crippen molar-refractivity contribution in [1.29, 1.82) is 0 Å². The number of hydrogen-bond donors (Lipinski definition) is 1. The van der Waals surface area contributed by atoms with E-state index in [0.717, 1.165) is 17.7 Å². The zero-order chi connectivity index (χ0) is 22.9. The van der Waals surface area contributed by atoms with Crippen LogP contribution in [0.15, 0.2) is 65.5 Å². The Morgan fingerprint density at radius 1 is 1.00 bits per heavy atom. The molecule has 4 aromatic rings. The van der Waals surface area contributed by atoms with Gasteiger partial charge in [-0.15, -0.1) is 10.2 Å². The van der Waals surface area contributed by atoms with E-state index in [0.29, 0.717) is 22.8 Å². The highest BCUT2D eigenvalue weighted by Crippen LogP contribution is 2.30. The van der Waals surface area contributed by atoms with Gasteiger partial charge in [0, 0.05) is 17.2 Å². The predicted molar refractivity (Wildman–Crippen MR) is 111 cm³/mol. The quantitative estimate of drug-likeness (QED) is 0.498. The second kappa shape index (κ2) is 8.29. The van der Waals surface area contributed by atoms with Gasteiger partial charge in [0.2, 0.25) is 0 Å². The molecule has 32 heavy (non-hydrogen) atoms. The molecular weight excluding hydrogens is 423 g/mol. The summed E-state index contributed by atoms with van der Waals surface area (Å²) in [7, 11) is 1.56. The molecule has 0 radical (unpaired) electrons. The van der Waals surface area contributed by atoms with Crippen LogP contribution in [0.4, 0.5) is 13.2 Å². The number of ether oxygens (including phenoxy) is 1. The Hall–Kier alpha value is -3.95. The van der Waals surface area contributed by atoms with Gasteiger partial charge in [-0.25, -0.2) is 4.68 Å². The minimum Gasteiger partial charge on any atom is -0.497 e. The van der Waals surface area contributed by atoms with Crippen molar-refractivity contribution < 1.29 is 17.9 Å². The summed E-state index contributed by atoms with van der Waals surface area (Å²) < 4.78 is 44.8. The van der Waals surface area contributed by atoms with Gasteiger partial charge in [-0.2, -0.15) is 18.3 Å². The summed E-state index contributed by atoms with van der Waals surface area (Å²) in [5.74, 6) is 1.29. The van der Waals surface area contributed by atoms with Crippen LogP contribution in [0, 0.1) is 0 Å². The third-order valence-corrected chi connectivity index (χ3v) is 4.94. The smallest absolute Gasteiger partial charge is 0.416 e. The molecule has 2 aromatic heterocycles. The summed E-state index contributed by atoms with van der Waals surface area (Å²) in [5.41, 5.74) is 0.691. The fourth-order valence-corrected chi connectivity index (χ4v) is 3.17. The Morgan fingerprint density at radius 3 is 2.44 bits per heavy atom. The number of halogens is 3. The van der Waals surface area contributed by atoms with E-state index in [4.69, 9.17) is 4.74 Å². The highest BCUT2D eigenvalue weighted by atomic mass is 19.4. The number of nitrogens with zero attached hydrogens (tertiary/aromatic N) is 4. The normalized spacial score (nSPS) is 12.5. The van der Waals surface area contributed by atoms with E-state index in [1.165, 1.54) is 22.9 Å². The van der Waals surface area contributed by atoms with Crippen molar-refractivity contribution in [2.24, 2.45) is 0 Å². The zero-order valence-electron chi connectivity index (χ0n) is 17.1. The molecule has 0 aliphatic carbocycles. The SMILES string of the molecule is COc1cccc(-c2ccc(=O)n(C(C)c3nnc(-c4ccc(C(F)(F)F)cc4)[nH]3)n2)c1. The van der Waals surface area contributed by atoms with E-state index in [1.807, 2.05) is 12.1 Å². The molecule has 0 saturated carbocycles. The van der Waals surface area contributed by atoms with E-state index in [2.05, 4.69) is 20.3 Å². The molecule has 10 heteroatoms. The molecule has 0 aliphatic heterocycles. The molecule has 164 valence electrons. The second-order valence-electron chi connectivity index (χ2n) is 7.04. The van der Waals surface area contributed by atoms with Crippen molar-refractivity contribution in [2.45, 2.75) is 19.1 Å². The second-order valence-corrected chi connectivity index (χ2v) is 7.04. The van der Waals surface area contributed by atoms with Crippen LogP contribution in [0.3, 0.4) is 0 Å². The van der Waals surface area contributed by atoms with Crippen LogP contribution in [-0.2, 0) is 6.18 Å². The van der Waals surface area contributed by atoms with E-state index < -0.39 is 17.8 Å². The van der Waals surface area contributed by atoms with Gasteiger partial charge >= 0.3 is 6.18 Å². The molecule has 0 spiro atoms. The molecule has 4 rings (SSSR count). The molecule has 7 nitrogen and oxygen atoms in total. The predicted octanol–water partition coefficient (Wildman–Crippen LogP) is 4.33. The lowest BCUT2D eigenvalue weighted by Crippen LogP contribution is -2.26. The third-order valence-electron chi connectivity index (χ3n) is 4.94. The van der Waals surface area contributed by atoms with Crippen molar-refractivity contribution >= 4 is 0 Å². The van der Waals surface area contributed by atoms with E-state index in [9.17, 15) is 18.0 Å². The standard InChI is InChI=1S/C22H18F3N5O2/c1-13(20-26-21(28-27-20)14-6-8-16(9-7-14)22(23,24)25)30-19(31)11-10-18(29-30)15-4-3-5-17(12-15)32-2/h3-13H,1-2H3,(H,26,27,28). The molecular formula is C22H18F3N5O2. The summed E-state index contributed by atoms with van der Waals surface area (Å²) in [6.07, 6.45) is -4.42. The molecule has 1 N–H and O–H groups in total. The highest BCUT2D eigenvalue weighted by molar-refractivity contribution is 5.60. The number of rotatable bonds is 5. The van der Waals surface area contributed by atoms with Crippen LogP contribution in [0.25, 0.3) is 22.6 Å². The van der Waals surface area contributed by atoms with Gasteiger partial charge in [0.1, 0.15) is 11.8 Å². The lowest BCUT2D eigenvalue weighted by atomic mass is 10.1. The number of aromatic amines is 1. The van der Waals surface area contributed by atoms with E-state index >= 15 is 0 Å². The van der Waals surface area contributed by atoms with Gasteiger partial charge < -0.3 is 9.72 Å². The number of nitrogens with one attached hydrogen (secondary N) is 1. The van der Waals surface area contributed by atoms with Crippen molar-refractivity contribution in [3.63, 3.8) is 0 Å². The summed E-state index contributed by atoms with van der Waals surface area (Å²) in [4.78, 5) is 15.4. The van der Waals surface area contributed by atoms with Gasteiger partial charge in [-0.05, 0) is 37.3 Å². The lowest BCUT2D eigenvalue weighted by molar-refractivity contribution is -0.137. The van der Waals surface area contributed by atoms with E-state index in [-0.39, 0.29) is 11.4 Å². The molecule has 0 fully saturated rings. The minimum absolute atomic E-state index is 0.289. The maximum Gasteiger partial charge on any atom is 0.416 e. The Morgan fingerprint density at radius 2 is 1.75 bits per heavy atom. The lowest BCUT2D eigenvalue weighted by Gasteiger charge is -2.12. The Balaban J connectivity index is 1.63. The number of methoxy groups -OCH3 is 1. The van der Waals surface area contributed by atoms with Gasteiger partial charge in [0.15, 0.2) is 11.6 Å². The maximum absolute atomic E-state index is 12.8. The zero-order valence-corrected chi connectivity index (χ0v) is 17.1. The first-order valence-electron chi connectivity index (χ1n) is 9.61. The first-order chi connectivity index (χ1) is 15.3. The van der Waals surface area contributed by atoms with Gasteiger partial charge in [0.25, 0.3) is 5.56 Å². The van der Waals surface area contributed by atoms with Crippen molar-refractivity contribution in [2.75, 3.05) is 7.11 Å². The average Bonchev–Trinajstić information content (AvgIpc) is 3.29. The topological polar surface area (TPSA) is 85.7 Å². The van der Waals surface area contributed by atoms with Crippen molar-refractivity contribution in [1.82, 2.24) is 25.0 Å². The van der Waals surface area contributed by atoms with Crippen molar-refractivity contribution in [3.05, 3.63) is 82.4 Å². The maximum atomic E-state index is 12.8. The number of aromatic nitrogens is 5. The molecule has 2 aromatic carbocycles. The van der Waals surface area contributed by atoms with E-state index in [1.54, 1.807) is 32.2 Å². The largest absolute Gasteiger partial charge is 0.497 e. The number of alkyl halides is 3. The van der Waals surface area contributed by atoms with Gasteiger partial charge in [-0.1, -0.05) is 24.3 Å². The molecule has 0 amide bonds. The summed E-state index contributed by atoms with van der Waals surface area (Å²) in [6.45, 7) is 1.72. The molecule has 1 atom stereocenters. The summed E-state index contributed by atoms with van der Waals surface area (Å²) >= 11 is 0. The fourth-order valence-electron chi connectivity index (χ4n) is 3.17. The first-order valence-corrected chi connectivity index (χ1v) is 9.61. The molecule has 2 heterocycles. The Kier molecular flexibility index (Phi) is 5.52. The van der Waals surface area contributed by atoms with Crippen LogP contribution in [0.1, 0.15) is 24.4 Å². The molecule has 0 aliphatic rings. The summed E-state index contributed by atoms with van der Waals surface area (Å²) in [5, 5.41) is 12.5.